The molecule has 1 heterocycles. The summed E-state index contributed by atoms with van der Waals surface area (Å²) in [4.78, 5) is 14.0. The average molecular weight is 369 g/mol. The predicted molar refractivity (Wildman–Crippen MR) is 92.3 cm³/mol. The number of nitrogens with one attached hydrogen (secondary N) is 1. The van der Waals surface area contributed by atoms with Crippen LogP contribution in [0.25, 0.3) is 0 Å². The predicted octanol–water partition coefficient (Wildman–Crippen LogP) is 2.09. The highest BCUT2D eigenvalue weighted by atomic mass is 32.2. The minimum absolute atomic E-state index is 0.0928. The summed E-state index contributed by atoms with van der Waals surface area (Å²) in [5.41, 5.74) is 0.302. The molecule has 3 rings (SSSR count). The molecule has 6 nitrogen and oxygen atoms in total. The smallest absolute Gasteiger partial charge is 0.317 e. The second-order valence-electron chi connectivity index (χ2n) is 6.73. The molecule has 138 valence electrons. The van der Waals surface area contributed by atoms with Crippen molar-refractivity contribution in [1.82, 2.24) is 14.5 Å². The third-order valence-corrected chi connectivity index (χ3v) is 6.87. The number of benzene rings is 1. The minimum Gasteiger partial charge on any atom is -0.335 e. The van der Waals surface area contributed by atoms with E-state index in [2.05, 4.69) is 5.32 Å². The van der Waals surface area contributed by atoms with Crippen molar-refractivity contribution in [3.8, 4) is 0 Å². The van der Waals surface area contributed by atoms with E-state index >= 15 is 0 Å². The van der Waals surface area contributed by atoms with Crippen LogP contribution in [0, 0.1) is 12.7 Å². The van der Waals surface area contributed by atoms with Gasteiger partial charge in [0.2, 0.25) is 10.0 Å². The van der Waals surface area contributed by atoms with Gasteiger partial charge in [-0.05, 0) is 43.5 Å². The Kier molecular flexibility index (Phi) is 5.29. The first kappa shape index (κ1) is 18.1. The number of carbonyl (C=O) groups excluding carboxylic acids is 1. The molecule has 0 atom stereocenters. The third kappa shape index (κ3) is 3.95. The average Bonchev–Trinajstić information content (AvgIpc) is 3.10. The van der Waals surface area contributed by atoms with Crippen molar-refractivity contribution in [2.24, 2.45) is 0 Å². The molecule has 8 heteroatoms. The highest BCUT2D eigenvalue weighted by molar-refractivity contribution is 7.89. The summed E-state index contributed by atoms with van der Waals surface area (Å²) in [6.45, 7) is 2.75. The fourth-order valence-electron chi connectivity index (χ4n) is 3.39. The number of carbonyl (C=O) groups is 1. The van der Waals surface area contributed by atoms with Crippen molar-refractivity contribution in [3.63, 3.8) is 0 Å². The largest absolute Gasteiger partial charge is 0.335 e. The number of aryl methyl sites for hydroxylation is 1. The molecular formula is C17H24FN3O3S. The zero-order chi connectivity index (χ0) is 18.0. The minimum atomic E-state index is -3.66. The monoisotopic (exact) mass is 369 g/mol. The van der Waals surface area contributed by atoms with Gasteiger partial charge >= 0.3 is 6.03 Å². The first-order valence-electron chi connectivity index (χ1n) is 8.69. The standard InChI is InChI=1S/C17H24FN3O3S/c1-13-12-15(6-7-16(13)18)25(23,24)21-10-8-20(9-11-21)17(22)19-14-4-2-3-5-14/h6-7,12,14H,2-5,8-11H2,1H3,(H,19,22). The summed E-state index contributed by atoms with van der Waals surface area (Å²) < 4.78 is 40.1. The molecule has 0 unspecified atom stereocenters. The van der Waals surface area contributed by atoms with E-state index in [9.17, 15) is 17.6 Å². The number of hydrogen-bond donors (Lipinski definition) is 1. The Morgan fingerprint density at radius 1 is 1.16 bits per heavy atom. The summed E-state index contributed by atoms with van der Waals surface area (Å²) in [6, 6.07) is 3.95. The molecule has 2 amide bonds. The number of urea groups is 1. The van der Waals surface area contributed by atoms with Crippen LogP contribution in [-0.2, 0) is 10.0 Å². The Hall–Kier alpha value is -1.67. The van der Waals surface area contributed by atoms with Crippen molar-refractivity contribution < 1.29 is 17.6 Å². The summed E-state index contributed by atoms with van der Waals surface area (Å²) in [7, 11) is -3.66. The molecule has 0 radical (unpaired) electrons. The second-order valence-corrected chi connectivity index (χ2v) is 8.67. The zero-order valence-corrected chi connectivity index (χ0v) is 15.2. The van der Waals surface area contributed by atoms with Gasteiger partial charge in [-0.1, -0.05) is 12.8 Å². The van der Waals surface area contributed by atoms with E-state index in [0.29, 0.717) is 18.7 Å². The van der Waals surface area contributed by atoms with E-state index in [1.54, 1.807) is 11.8 Å². The van der Waals surface area contributed by atoms with E-state index in [0.717, 1.165) is 25.7 Å². The van der Waals surface area contributed by atoms with Gasteiger partial charge in [0.15, 0.2) is 0 Å². The molecule has 0 spiro atoms. The molecule has 2 aliphatic rings. The van der Waals surface area contributed by atoms with Gasteiger partial charge in [0, 0.05) is 32.2 Å². The molecule has 0 aromatic heterocycles. The van der Waals surface area contributed by atoms with Gasteiger partial charge in [0.05, 0.1) is 4.90 Å². The molecule has 1 aliphatic heterocycles. The van der Waals surface area contributed by atoms with Gasteiger partial charge in [-0.25, -0.2) is 17.6 Å². The van der Waals surface area contributed by atoms with Crippen LogP contribution in [0.5, 0.6) is 0 Å². The fraction of sp³-hybridized carbons (Fsp3) is 0.588. The highest BCUT2D eigenvalue weighted by Crippen LogP contribution is 2.21. The van der Waals surface area contributed by atoms with Crippen LogP contribution >= 0.6 is 0 Å². The highest BCUT2D eigenvalue weighted by Gasteiger charge is 2.31. The van der Waals surface area contributed by atoms with Crippen molar-refractivity contribution in [2.75, 3.05) is 26.2 Å². The molecule has 1 aromatic carbocycles. The van der Waals surface area contributed by atoms with Crippen molar-refractivity contribution in [2.45, 2.75) is 43.5 Å². The van der Waals surface area contributed by atoms with Gasteiger partial charge in [-0.2, -0.15) is 4.31 Å². The Labute approximate surface area is 148 Å². The lowest BCUT2D eigenvalue weighted by Gasteiger charge is -2.34. The number of sulfonamides is 1. The quantitative estimate of drug-likeness (QED) is 0.887. The normalized spacial score (nSPS) is 20.0. The van der Waals surface area contributed by atoms with Crippen LogP contribution in [0.3, 0.4) is 0 Å². The number of piperazine rings is 1. The third-order valence-electron chi connectivity index (χ3n) is 4.98. The molecule has 0 bridgehead atoms. The van der Waals surface area contributed by atoms with Crippen LogP contribution in [0.2, 0.25) is 0 Å². The number of rotatable bonds is 3. The van der Waals surface area contributed by atoms with E-state index < -0.39 is 15.8 Å². The molecule has 1 aliphatic carbocycles. The molecule has 1 saturated heterocycles. The first-order chi connectivity index (χ1) is 11.9. The molecular weight excluding hydrogens is 345 g/mol. The maximum absolute atomic E-state index is 13.4. The Morgan fingerprint density at radius 2 is 1.80 bits per heavy atom. The number of halogens is 1. The SMILES string of the molecule is Cc1cc(S(=O)(=O)N2CCN(C(=O)NC3CCCC3)CC2)ccc1F. The summed E-state index contributed by atoms with van der Waals surface area (Å²) >= 11 is 0. The van der Waals surface area contributed by atoms with Crippen LogP contribution in [0.15, 0.2) is 23.1 Å². The lowest BCUT2D eigenvalue weighted by molar-refractivity contribution is 0.169. The van der Waals surface area contributed by atoms with Crippen LogP contribution in [-0.4, -0.2) is 55.9 Å². The maximum Gasteiger partial charge on any atom is 0.317 e. The number of nitrogens with zero attached hydrogens (tertiary/aromatic N) is 2. The van der Waals surface area contributed by atoms with E-state index in [1.165, 1.54) is 22.5 Å². The molecule has 1 saturated carbocycles. The van der Waals surface area contributed by atoms with Crippen molar-refractivity contribution in [1.29, 1.82) is 0 Å². The Morgan fingerprint density at radius 3 is 2.40 bits per heavy atom. The van der Waals surface area contributed by atoms with Gasteiger partial charge in [-0.3, -0.25) is 0 Å². The maximum atomic E-state index is 13.4. The van der Waals surface area contributed by atoms with Crippen LogP contribution in [0.1, 0.15) is 31.2 Å². The zero-order valence-electron chi connectivity index (χ0n) is 14.4. The lowest BCUT2D eigenvalue weighted by atomic mass is 10.2. The van der Waals surface area contributed by atoms with Crippen LogP contribution in [0.4, 0.5) is 9.18 Å². The molecule has 25 heavy (non-hydrogen) atoms. The van der Waals surface area contributed by atoms with Crippen LogP contribution < -0.4 is 5.32 Å². The molecule has 2 fully saturated rings. The van der Waals surface area contributed by atoms with Gasteiger partial charge in [0.25, 0.3) is 0 Å². The van der Waals surface area contributed by atoms with E-state index in [4.69, 9.17) is 0 Å². The van der Waals surface area contributed by atoms with E-state index in [1.807, 2.05) is 0 Å². The fourth-order valence-corrected chi connectivity index (χ4v) is 4.90. The van der Waals surface area contributed by atoms with Crippen molar-refractivity contribution >= 4 is 16.1 Å². The molecule has 1 aromatic rings. The van der Waals surface area contributed by atoms with E-state index in [-0.39, 0.29) is 30.1 Å². The lowest BCUT2D eigenvalue weighted by Crippen LogP contribution is -2.54. The van der Waals surface area contributed by atoms with Crippen molar-refractivity contribution in [3.05, 3.63) is 29.6 Å². The summed E-state index contributed by atoms with van der Waals surface area (Å²) in [6.07, 6.45) is 4.33. The topological polar surface area (TPSA) is 69.7 Å². The number of hydrogen-bond acceptors (Lipinski definition) is 3. The first-order valence-corrected chi connectivity index (χ1v) is 10.1. The second kappa shape index (κ2) is 7.29. The Balaban J connectivity index is 1.60. The molecule has 1 N–H and O–H groups in total. The summed E-state index contributed by atoms with van der Waals surface area (Å²) in [5, 5.41) is 3.02. The van der Waals surface area contributed by atoms with Gasteiger partial charge in [-0.15, -0.1) is 0 Å². The van der Waals surface area contributed by atoms with Gasteiger partial charge < -0.3 is 10.2 Å². The number of amides is 2. The summed E-state index contributed by atoms with van der Waals surface area (Å²) in [5.74, 6) is -0.424. The Bertz CT molecular complexity index is 740. The van der Waals surface area contributed by atoms with Gasteiger partial charge in [0.1, 0.15) is 5.82 Å².